The Kier molecular flexibility index (Phi) is 3.09. The van der Waals surface area contributed by atoms with Crippen LogP contribution in [0.15, 0.2) is 17.0 Å². The molecule has 7 heteroatoms. The van der Waals surface area contributed by atoms with Crippen molar-refractivity contribution in [3.63, 3.8) is 0 Å². The first kappa shape index (κ1) is 13.6. The van der Waals surface area contributed by atoms with Gasteiger partial charge in [-0.05, 0) is 31.5 Å². The molecule has 0 aromatic heterocycles. The normalized spacial score (nSPS) is 19.6. The zero-order valence-electron chi connectivity index (χ0n) is 10.1. The van der Waals surface area contributed by atoms with Crippen molar-refractivity contribution >= 4 is 27.3 Å². The van der Waals surface area contributed by atoms with E-state index in [0.29, 0.717) is 10.6 Å². The van der Waals surface area contributed by atoms with Gasteiger partial charge < -0.3 is 10.8 Å². The molecule has 0 radical (unpaired) electrons. The number of hydrogen-bond donors (Lipinski definition) is 2. The molecule has 1 aliphatic heterocycles. The van der Waals surface area contributed by atoms with Gasteiger partial charge in [-0.1, -0.05) is 11.6 Å². The second-order valence-corrected chi connectivity index (χ2v) is 7.23. The molecule has 100 valence electrons. The van der Waals surface area contributed by atoms with Crippen LogP contribution in [0.5, 0.6) is 0 Å². The predicted molar refractivity (Wildman–Crippen MR) is 70.0 cm³/mol. The number of nitrogen functional groups attached to an aromatic ring is 1. The summed E-state index contributed by atoms with van der Waals surface area (Å²) in [6.45, 7) is 3.48. The SMILES string of the molecule is Cc1cc(S(=O)(=O)N2CC(C)(O)C2)cc(N)c1Cl. The highest BCUT2D eigenvalue weighted by molar-refractivity contribution is 7.89. The molecule has 1 saturated heterocycles. The summed E-state index contributed by atoms with van der Waals surface area (Å²) in [4.78, 5) is 0.109. The third-order valence-electron chi connectivity index (χ3n) is 2.93. The highest BCUT2D eigenvalue weighted by atomic mass is 35.5. The number of nitrogens with zero attached hydrogens (tertiary/aromatic N) is 1. The van der Waals surface area contributed by atoms with Crippen LogP contribution < -0.4 is 5.73 Å². The first-order chi connectivity index (χ1) is 8.13. The fourth-order valence-corrected chi connectivity index (χ4v) is 3.85. The molecule has 5 nitrogen and oxygen atoms in total. The first-order valence-corrected chi connectivity index (χ1v) is 7.23. The van der Waals surface area contributed by atoms with E-state index in [1.165, 1.54) is 16.4 Å². The van der Waals surface area contributed by atoms with E-state index in [9.17, 15) is 13.5 Å². The third-order valence-corrected chi connectivity index (χ3v) is 5.21. The predicted octanol–water partition coefficient (Wildman–Crippen LogP) is 0.986. The number of hydrogen-bond acceptors (Lipinski definition) is 4. The van der Waals surface area contributed by atoms with Crippen LogP contribution in [0.25, 0.3) is 0 Å². The van der Waals surface area contributed by atoms with Crippen LogP contribution in [0.2, 0.25) is 5.02 Å². The van der Waals surface area contributed by atoms with Crippen LogP contribution in [-0.2, 0) is 10.0 Å². The van der Waals surface area contributed by atoms with Gasteiger partial charge in [0.15, 0.2) is 0 Å². The minimum absolute atomic E-state index is 0.0942. The second-order valence-electron chi connectivity index (χ2n) is 4.91. The highest BCUT2D eigenvalue weighted by Crippen LogP contribution is 2.32. The van der Waals surface area contributed by atoms with Crippen molar-refractivity contribution in [1.82, 2.24) is 4.31 Å². The third kappa shape index (κ3) is 2.21. The van der Waals surface area contributed by atoms with Gasteiger partial charge in [-0.2, -0.15) is 4.31 Å². The molecular weight excluding hydrogens is 276 g/mol. The molecule has 0 atom stereocenters. The fraction of sp³-hybridized carbons (Fsp3) is 0.455. The van der Waals surface area contributed by atoms with Gasteiger partial charge in [-0.15, -0.1) is 0 Å². The molecule has 3 N–H and O–H groups in total. The number of benzene rings is 1. The Morgan fingerprint density at radius 3 is 2.44 bits per heavy atom. The maximum absolute atomic E-state index is 12.2. The Bertz CT molecular complexity index is 567. The van der Waals surface area contributed by atoms with E-state index in [1.807, 2.05) is 0 Å². The van der Waals surface area contributed by atoms with E-state index in [1.54, 1.807) is 13.8 Å². The monoisotopic (exact) mass is 290 g/mol. The Morgan fingerprint density at radius 1 is 1.44 bits per heavy atom. The lowest BCUT2D eigenvalue weighted by Gasteiger charge is -2.42. The molecule has 1 aromatic rings. The van der Waals surface area contributed by atoms with Crippen LogP contribution in [0.4, 0.5) is 5.69 Å². The lowest BCUT2D eigenvalue weighted by Crippen LogP contribution is -2.61. The average Bonchev–Trinajstić information content (AvgIpc) is 2.21. The van der Waals surface area contributed by atoms with Gasteiger partial charge >= 0.3 is 0 Å². The molecule has 2 rings (SSSR count). The molecule has 0 saturated carbocycles. The van der Waals surface area contributed by atoms with E-state index >= 15 is 0 Å². The Labute approximate surface area is 111 Å². The van der Waals surface area contributed by atoms with Crippen LogP contribution in [-0.4, -0.2) is 36.5 Å². The van der Waals surface area contributed by atoms with Crippen molar-refractivity contribution in [3.05, 3.63) is 22.7 Å². The van der Waals surface area contributed by atoms with Crippen molar-refractivity contribution in [2.24, 2.45) is 0 Å². The maximum atomic E-state index is 12.2. The van der Waals surface area contributed by atoms with E-state index < -0.39 is 15.6 Å². The number of nitrogens with two attached hydrogens (primary N) is 1. The fourth-order valence-electron chi connectivity index (χ4n) is 1.94. The molecule has 0 aliphatic carbocycles. The van der Waals surface area contributed by atoms with Crippen molar-refractivity contribution in [3.8, 4) is 0 Å². The van der Waals surface area contributed by atoms with Crippen molar-refractivity contribution in [2.45, 2.75) is 24.3 Å². The van der Waals surface area contributed by atoms with Crippen LogP contribution in [0, 0.1) is 6.92 Å². The molecule has 1 fully saturated rings. The summed E-state index contributed by atoms with van der Waals surface area (Å²) in [5.74, 6) is 0. The number of sulfonamides is 1. The number of halogens is 1. The molecule has 0 spiro atoms. The van der Waals surface area contributed by atoms with Crippen molar-refractivity contribution in [1.29, 1.82) is 0 Å². The van der Waals surface area contributed by atoms with Gasteiger partial charge in [0.1, 0.15) is 0 Å². The maximum Gasteiger partial charge on any atom is 0.243 e. The zero-order valence-corrected chi connectivity index (χ0v) is 11.7. The van der Waals surface area contributed by atoms with Crippen molar-refractivity contribution in [2.75, 3.05) is 18.8 Å². The van der Waals surface area contributed by atoms with E-state index in [0.717, 1.165) is 0 Å². The number of aliphatic hydroxyl groups is 1. The van der Waals surface area contributed by atoms with Crippen LogP contribution >= 0.6 is 11.6 Å². The van der Waals surface area contributed by atoms with Crippen LogP contribution in [0.1, 0.15) is 12.5 Å². The molecule has 1 aliphatic rings. The second kappa shape index (κ2) is 4.09. The largest absolute Gasteiger partial charge is 0.397 e. The van der Waals surface area contributed by atoms with Crippen LogP contribution in [0.3, 0.4) is 0 Å². The summed E-state index contributed by atoms with van der Waals surface area (Å²) in [6.07, 6.45) is 0. The summed E-state index contributed by atoms with van der Waals surface area (Å²) >= 11 is 5.90. The van der Waals surface area contributed by atoms with E-state index in [2.05, 4.69) is 0 Å². The Morgan fingerprint density at radius 2 is 2.00 bits per heavy atom. The van der Waals surface area contributed by atoms with Gasteiger partial charge in [0.25, 0.3) is 0 Å². The highest BCUT2D eigenvalue weighted by Gasteiger charge is 2.44. The average molecular weight is 291 g/mol. The quantitative estimate of drug-likeness (QED) is 0.796. The molecule has 18 heavy (non-hydrogen) atoms. The first-order valence-electron chi connectivity index (χ1n) is 5.42. The topological polar surface area (TPSA) is 83.6 Å². The minimum Gasteiger partial charge on any atom is -0.397 e. The molecule has 1 aromatic carbocycles. The van der Waals surface area contributed by atoms with Gasteiger partial charge in [0.2, 0.25) is 10.0 Å². The summed E-state index contributed by atoms with van der Waals surface area (Å²) < 4.78 is 25.7. The molecular formula is C11H15ClN2O3S. The summed E-state index contributed by atoms with van der Waals surface area (Å²) in [5, 5.41) is 9.96. The Hall–Kier alpha value is -0.820. The molecule has 1 heterocycles. The number of aryl methyl sites for hydroxylation is 1. The van der Waals surface area contributed by atoms with Gasteiger partial charge in [-0.25, -0.2) is 8.42 Å². The molecule has 0 bridgehead atoms. The summed E-state index contributed by atoms with van der Waals surface area (Å²) in [6, 6.07) is 2.83. The lowest BCUT2D eigenvalue weighted by atomic mass is 10.0. The standard InChI is InChI=1S/C11H15ClN2O3S/c1-7-3-8(4-9(13)10(7)12)18(16,17)14-5-11(2,15)6-14/h3-4,15H,5-6,13H2,1-2H3. The number of anilines is 1. The number of β-amino-alcohol motifs (C(OH)–C–C–N with tert-alkyl or cyclic N) is 1. The summed E-state index contributed by atoms with van der Waals surface area (Å²) in [7, 11) is -3.60. The van der Waals surface area contributed by atoms with Gasteiger partial charge in [0, 0.05) is 13.1 Å². The van der Waals surface area contributed by atoms with Gasteiger partial charge in [0.05, 0.1) is 21.2 Å². The van der Waals surface area contributed by atoms with Gasteiger partial charge in [-0.3, -0.25) is 0 Å². The Balaban J connectivity index is 2.38. The van der Waals surface area contributed by atoms with E-state index in [4.69, 9.17) is 17.3 Å². The summed E-state index contributed by atoms with van der Waals surface area (Å²) in [5.41, 5.74) is 5.57. The zero-order chi connectivity index (χ0) is 13.7. The van der Waals surface area contributed by atoms with E-state index in [-0.39, 0.29) is 23.7 Å². The smallest absolute Gasteiger partial charge is 0.243 e. The lowest BCUT2D eigenvalue weighted by molar-refractivity contribution is -0.0426. The van der Waals surface area contributed by atoms with Crippen molar-refractivity contribution < 1.29 is 13.5 Å². The molecule has 0 amide bonds. The minimum atomic E-state index is -3.60. The molecule has 0 unspecified atom stereocenters. The number of rotatable bonds is 2.